The fourth-order valence-electron chi connectivity index (χ4n) is 4.63. The Morgan fingerprint density at radius 1 is 0.724 bits per heavy atom. The van der Waals surface area contributed by atoms with Crippen LogP contribution in [0.3, 0.4) is 0 Å². The summed E-state index contributed by atoms with van der Waals surface area (Å²) in [5.41, 5.74) is 7.41. The Labute approximate surface area is 168 Å². The molecule has 2 aliphatic rings. The van der Waals surface area contributed by atoms with Crippen molar-refractivity contribution in [3.8, 4) is 0 Å². The number of ketones is 1. The van der Waals surface area contributed by atoms with Crippen molar-refractivity contribution in [2.45, 2.75) is 38.5 Å². The van der Waals surface area contributed by atoms with E-state index in [1.165, 1.54) is 11.1 Å². The maximum atomic E-state index is 11.7. The Kier molecular flexibility index (Phi) is 4.43. The van der Waals surface area contributed by atoms with E-state index in [0.29, 0.717) is 12.2 Å². The minimum absolute atomic E-state index is 0.295. The van der Waals surface area contributed by atoms with E-state index in [-0.39, 0.29) is 0 Å². The Morgan fingerprint density at radius 3 is 1.93 bits per heavy atom. The summed E-state index contributed by atoms with van der Waals surface area (Å²) >= 11 is 0. The molecule has 5 nitrogen and oxygen atoms in total. The van der Waals surface area contributed by atoms with Crippen LogP contribution < -0.4 is 0 Å². The summed E-state index contributed by atoms with van der Waals surface area (Å²) in [6, 6.07) is 16.2. The van der Waals surface area contributed by atoms with E-state index in [9.17, 15) is 4.79 Å². The Bertz CT molecular complexity index is 1250. The zero-order valence-corrected chi connectivity index (χ0v) is 16.2. The second kappa shape index (κ2) is 7.24. The molecule has 0 spiro atoms. The van der Waals surface area contributed by atoms with Crippen molar-refractivity contribution in [3.63, 3.8) is 0 Å². The molecular weight excluding hydrogens is 362 g/mol. The van der Waals surface area contributed by atoms with Crippen LogP contribution in [0.5, 0.6) is 0 Å². The van der Waals surface area contributed by atoms with E-state index >= 15 is 0 Å². The zero-order chi connectivity index (χ0) is 19.8. The number of benzene rings is 2. The summed E-state index contributed by atoms with van der Waals surface area (Å²) in [5, 5.41) is 14.7. The van der Waals surface area contributed by atoms with Crippen LogP contribution >= 0.6 is 0 Å². The number of nitrogens with zero attached hydrogens (tertiary/aromatic N) is 1. The lowest BCUT2D eigenvalue weighted by atomic mass is 9.94. The molecule has 2 aliphatic carbocycles. The number of carbonyl (C=O) groups is 1. The van der Waals surface area contributed by atoms with Crippen LogP contribution in [0.15, 0.2) is 53.7 Å². The van der Waals surface area contributed by atoms with Crippen molar-refractivity contribution in [1.82, 2.24) is 9.97 Å². The first-order valence-electron chi connectivity index (χ1n) is 10.2. The second-order valence-electron chi connectivity index (χ2n) is 7.73. The molecule has 0 fully saturated rings. The van der Waals surface area contributed by atoms with Crippen LogP contribution in [-0.4, -0.2) is 26.7 Å². The molecule has 5 heteroatoms. The molecule has 0 radical (unpaired) electrons. The number of oxime groups is 1. The lowest BCUT2D eigenvalue weighted by molar-refractivity contribution is 0.0974. The number of aromatic nitrogens is 2. The summed E-state index contributed by atoms with van der Waals surface area (Å²) in [5.74, 6) is 0.295. The van der Waals surface area contributed by atoms with E-state index in [0.717, 1.165) is 71.1 Å². The Hall–Kier alpha value is -3.34. The molecule has 0 bridgehead atoms. The van der Waals surface area contributed by atoms with Crippen LogP contribution in [0.2, 0.25) is 0 Å². The highest BCUT2D eigenvalue weighted by Gasteiger charge is 2.22. The number of carbonyl (C=O) groups excluding carboxylic acids is 1. The number of aromatic amines is 2. The molecule has 0 aliphatic heterocycles. The van der Waals surface area contributed by atoms with Gasteiger partial charge in [-0.15, -0.1) is 0 Å². The van der Waals surface area contributed by atoms with Gasteiger partial charge in [0, 0.05) is 50.7 Å². The van der Waals surface area contributed by atoms with E-state index in [1.807, 2.05) is 36.4 Å². The molecule has 29 heavy (non-hydrogen) atoms. The standard InChI is InChI=1S/C12H12N2O.C12H11NO/c15-14-11-7-3-6-10-12(11)8-4-1-2-5-9(8)13-10;14-11-7-3-6-10-12(11)8-4-1-2-5-9(8)13-10/h1-2,4-5,13,15H,3,6-7H2;1-2,4-5,13H,3,6-7H2/b14-11+;. The summed E-state index contributed by atoms with van der Waals surface area (Å²) in [6.45, 7) is 0. The SMILES string of the molecule is O/N=C1\CCCc2[nH]c3ccccc3c21.O=C1CCCc2[nH]c3ccccc3c21. The van der Waals surface area contributed by atoms with Gasteiger partial charge < -0.3 is 15.2 Å². The predicted octanol–water partition coefficient (Wildman–Crippen LogP) is 5.37. The number of hydrogen-bond acceptors (Lipinski definition) is 3. The predicted molar refractivity (Wildman–Crippen MR) is 115 cm³/mol. The molecule has 2 aromatic carbocycles. The zero-order valence-electron chi connectivity index (χ0n) is 16.2. The van der Waals surface area contributed by atoms with Gasteiger partial charge in [0.05, 0.1) is 5.71 Å². The highest BCUT2D eigenvalue weighted by atomic mass is 16.4. The van der Waals surface area contributed by atoms with Crippen LogP contribution in [0.25, 0.3) is 21.8 Å². The molecule has 4 aromatic rings. The molecule has 0 amide bonds. The lowest BCUT2D eigenvalue weighted by Crippen LogP contribution is -2.10. The molecule has 3 N–H and O–H groups in total. The third-order valence-electron chi connectivity index (χ3n) is 5.93. The average Bonchev–Trinajstić information content (AvgIpc) is 3.33. The summed E-state index contributed by atoms with van der Waals surface area (Å²) < 4.78 is 0. The molecule has 146 valence electrons. The largest absolute Gasteiger partial charge is 0.411 e. The maximum absolute atomic E-state index is 11.7. The monoisotopic (exact) mass is 385 g/mol. The molecule has 0 atom stereocenters. The number of H-pyrrole nitrogens is 2. The van der Waals surface area contributed by atoms with Gasteiger partial charge in [0.15, 0.2) is 5.78 Å². The number of Topliss-reactive ketones (excluding diaryl/α,β-unsaturated/α-hetero) is 1. The maximum Gasteiger partial charge on any atom is 0.165 e. The average molecular weight is 385 g/mol. The van der Waals surface area contributed by atoms with E-state index < -0.39 is 0 Å². The van der Waals surface area contributed by atoms with Crippen molar-refractivity contribution >= 4 is 33.3 Å². The number of hydrogen-bond donors (Lipinski definition) is 3. The van der Waals surface area contributed by atoms with Gasteiger partial charge in [-0.1, -0.05) is 41.6 Å². The van der Waals surface area contributed by atoms with Crippen molar-refractivity contribution in [2.24, 2.45) is 5.16 Å². The number of para-hydroxylation sites is 2. The first kappa shape index (κ1) is 17.7. The van der Waals surface area contributed by atoms with E-state index in [1.54, 1.807) is 0 Å². The van der Waals surface area contributed by atoms with Crippen LogP contribution in [0, 0.1) is 0 Å². The van der Waals surface area contributed by atoms with Gasteiger partial charge in [0.1, 0.15) is 0 Å². The van der Waals surface area contributed by atoms with Crippen molar-refractivity contribution in [1.29, 1.82) is 0 Å². The van der Waals surface area contributed by atoms with Crippen LogP contribution in [0.1, 0.15) is 53.0 Å². The molecule has 0 saturated carbocycles. The number of nitrogens with one attached hydrogen (secondary N) is 2. The summed E-state index contributed by atoms with van der Waals surface area (Å²) in [7, 11) is 0. The Morgan fingerprint density at radius 2 is 1.28 bits per heavy atom. The molecule has 0 saturated heterocycles. The van der Waals surface area contributed by atoms with Crippen LogP contribution in [-0.2, 0) is 12.8 Å². The molecule has 0 unspecified atom stereocenters. The van der Waals surface area contributed by atoms with Gasteiger partial charge in [0.25, 0.3) is 0 Å². The van der Waals surface area contributed by atoms with E-state index in [2.05, 4.69) is 27.3 Å². The second-order valence-corrected chi connectivity index (χ2v) is 7.73. The van der Waals surface area contributed by atoms with Gasteiger partial charge in [-0.25, -0.2) is 0 Å². The van der Waals surface area contributed by atoms with Gasteiger partial charge in [0.2, 0.25) is 0 Å². The lowest BCUT2D eigenvalue weighted by Gasteiger charge is -2.12. The summed E-state index contributed by atoms with van der Waals surface area (Å²) in [4.78, 5) is 18.5. The quantitative estimate of drug-likeness (QED) is 0.281. The van der Waals surface area contributed by atoms with Gasteiger partial charge >= 0.3 is 0 Å². The number of fused-ring (bicyclic) bond motifs is 6. The van der Waals surface area contributed by atoms with E-state index in [4.69, 9.17) is 5.21 Å². The van der Waals surface area contributed by atoms with Crippen molar-refractivity contribution in [3.05, 3.63) is 71.0 Å². The third-order valence-corrected chi connectivity index (χ3v) is 5.93. The number of aryl methyl sites for hydroxylation is 2. The molecule has 2 aromatic heterocycles. The number of rotatable bonds is 0. The van der Waals surface area contributed by atoms with Gasteiger partial charge in [-0.05, 0) is 44.2 Å². The molecule has 2 heterocycles. The molecular formula is C24H23N3O2. The molecule has 6 rings (SSSR count). The van der Waals surface area contributed by atoms with Crippen molar-refractivity contribution in [2.75, 3.05) is 0 Å². The first-order chi connectivity index (χ1) is 14.3. The minimum atomic E-state index is 0.295. The first-order valence-corrected chi connectivity index (χ1v) is 10.2. The third kappa shape index (κ3) is 3.03. The normalized spacial score (nSPS) is 17.1. The Balaban J connectivity index is 0.000000125. The summed E-state index contributed by atoms with van der Waals surface area (Å²) in [6.07, 6.45) is 5.66. The topological polar surface area (TPSA) is 81.2 Å². The minimum Gasteiger partial charge on any atom is -0.411 e. The van der Waals surface area contributed by atoms with Crippen molar-refractivity contribution < 1.29 is 10.0 Å². The van der Waals surface area contributed by atoms with Crippen LogP contribution in [0.4, 0.5) is 0 Å². The fourth-order valence-corrected chi connectivity index (χ4v) is 4.63. The smallest absolute Gasteiger partial charge is 0.165 e. The highest BCUT2D eigenvalue weighted by Crippen LogP contribution is 2.30. The van der Waals surface area contributed by atoms with Gasteiger partial charge in [-0.2, -0.15) is 0 Å². The fraction of sp³-hybridized carbons (Fsp3) is 0.250. The van der Waals surface area contributed by atoms with Gasteiger partial charge in [-0.3, -0.25) is 4.79 Å². The highest BCUT2D eigenvalue weighted by molar-refractivity contribution is 6.12.